The van der Waals surface area contributed by atoms with Gasteiger partial charge in [-0.1, -0.05) is 29.8 Å². The van der Waals surface area contributed by atoms with Crippen molar-refractivity contribution in [1.29, 1.82) is 0 Å². The Balaban J connectivity index is 2.29. The Morgan fingerprint density at radius 2 is 1.72 bits per heavy atom. The molecule has 0 radical (unpaired) electrons. The summed E-state index contributed by atoms with van der Waals surface area (Å²) in [4.78, 5) is 14.7. The lowest BCUT2D eigenvalue weighted by Crippen LogP contribution is -2.23. The number of nitrogens with zero attached hydrogens (tertiary/aromatic N) is 1. The second-order valence-electron chi connectivity index (χ2n) is 4.41. The van der Waals surface area contributed by atoms with Crippen molar-refractivity contribution < 1.29 is 9.90 Å². The Kier molecular flexibility index (Phi) is 3.26. The van der Waals surface area contributed by atoms with Gasteiger partial charge in [-0.2, -0.15) is 0 Å². The molecule has 1 aromatic rings. The monoisotopic (exact) mass is 241 g/mol. The van der Waals surface area contributed by atoms with E-state index >= 15 is 0 Å². The normalized spacial score (nSPS) is 22.1. The van der Waals surface area contributed by atoms with Crippen LogP contribution in [-0.2, 0) is 10.4 Å². The van der Waals surface area contributed by atoms with Crippen LogP contribution in [0.3, 0.4) is 0 Å². The highest BCUT2D eigenvalue weighted by Crippen LogP contribution is 2.27. The van der Waals surface area contributed by atoms with E-state index in [0.717, 1.165) is 11.1 Å². The van der Waals surface area contributed by atoms with Crippen LogP contribution in [0, 0.1) is 6.92 Å². The van der Waals surface area contributed by atoms with Gasteiger partial charge in [0.25, 0.3) is 0 Å². The molecule has 1 N–H and O–H groups in total. The topological polar surface area (TPSA) is 49.7 Å². The molecule has 0 aromatic heterocycles. The Labute approximate surface area is 106 Å². The van der Waals surface area contributed by atoms with Gasteiger partial charge in [0.05, 0.1) is 5.71 Å². The van der Waals surface area contributed by atoms with Crippen LogP contribution in [0.5, 0.6) is 0 Å². The molecule has 1 aliphatic carbocycles. The largest absolute Gasteiger partial charge is 0.377 e. The van der Waals surface area contributed by atoms with Crippen molar-refractivity contribution in [2.75, 3.05) is 0 Å². The summed E-state index contributed by atoms with van der Waals surface area (Å²) in [6, 6.07) is 7.68. The standard InChI is InChI=1S/C15H15NO2/c1-11-3-5-13(6-4-11)15(18)9-7-14(8-10-15)16-12(2)17/h3-10,18H,1-2H3. The Bertz CT molecular complexity index is 534. The molecule has 2 rings (SSSR count). The smallest absolute Gasteiger partial charge is 0.243 e. The Morgan fingerprint density at radius 3 is 2.22 bits per heavy atom. The highest BCUT2D eigenvalue weighted by atomic mass is 16.3. The molecule has 0 saturated heterocycles. The fourth-order valence-corrected chi connectivity index (χ4v) is 1.81. The summed E-state index contributed by atoms with van der Waals surface area (Å²) in [6.07, 6.45) is 6.58. The average molecular weight is 241 g/mol. The molecular weight excluding hydrogens is 226 g/mol. The highest BCUT2D eigenvalue weighted by Gasteiger charge is 2.24. The van der Waals surface area contributed by atoms with Crippen LogP contribution in [0.4, 0.5) is 0 Å². The molecule has 0 saturated carbocycles. The molecule has 18 heavy (non-hydrogen) atoms. The van der Waals surface area contributed by atoms with E-state index in [9.17, 15) is 9.90 Å². The number of rotatable bonds is 1. The number of carbonyl (C=O) groups is 1. The maximum atomic E-state index is 10.9. The molecule has 92 valence electrons. The molecule has 0 aliphatic heterocycles. The van der Waals surface area contributed by atoms with Gasteiger partial charge >= 0.3 is 0 Å². The van der Waals surface area contributed by atoms with Crippen molar-refractivity contribution in [3.05, 3.63) is 59.7 Å². The van der Waals surface area contributed by atoms with Gasteiger partial charge in [0.2, 0.25) is 5.91 Å². The van der Waals surface area contributed by atoms with Crippen molar-refractivity contribution >= 4 is 11.6 Å². The minimum absolute atomic E-state index is 0.250. The zero-order valence-corrected chi connectivity index (χ0v) is 10.4. The van der Waals surface area contributed by atoms with Gasteiger partial charge < -0.3 is 5.11 Å². The summed E-state index contributed by atoms with van der Waals surface area (Å²) in [5, 5.41) is 10.5. The fraction of sp³-hybridized carbons (Fsp3) is 0.200. The number of aliphatic imine (C=N–C) groups is 1. The highest BCUT2D eigenvalue weighted by molar-refractivity contribution is 6.10. The predicted molar refractivity (Wildman–Crippen MR) is 71.5 cm³/mol. The van der Waals surface area contributed by atoms with Crippen LogP contribution < -0.4 is 0 Å². The number of allylic oxidation sites excluding steroid dienone is 2. The van der Waals surface area contributed by atoms with Crippen molar-refractivity contribution in [1.82, 2.24) is 0 Å². The first-order valence-electron chi connectivity index (χ1n) is 5.77. The molecule has 1 amide bonds. The predicted octanol–water partition coefficient (Wildman–Crippen LogP) is 2.30. The Morgan fingerprint density at radius 1 is 1.17 bits per heavy atom. The number of hydrogen-bond acceptors (Lipinski definition) is 2. The first-order chi connectivity index (χ1) is 8.49. The SMILES string of the molecule is CC(=O)N=C1C=CC(O)(c2ccc(C)cc2)C=C1. The molecule has 0 atom stereocenters. The van der Waals surface area contributed by atoms with E-state index in [4.69, 9.17) is 0 Å². The van der Waals surface area contributed by atoms with Crippen LogP contribution in [0.15, 0.2) is 53.6 Å². The van der Waals surface area contributed by atoms with Crippen LogP contribution >= 0.6 is 0 Å². The van der Waals surface area contributed by atoms with Crippen LogP contribution in [0.2, 0.25) is 0 Å². The lowest BCUT2D eigenvalue weighted by atomic mass is 9.89. The van der Waals surface area contributed by atoms with E-state index < -0.39 is 5.60 Å². The average Bonchev–Trinajstić information content (AvgIpc) is 2.32. The van der Waals surface area contributed by atoms with E-state index in [1.165, 1.54) is 6.92 Å². The zero-order chi connectivity index (χ0) is 13.2. The molecular formula is C15H15NO2. The quantitative estimate of drug-likeness (QED) is 0.820. The molecule has 1 aliphatic rings. The molecule has 3 nitrogen and oxygen atoms in total. The molecule has 0 fully saturated rings. The van der Waals surface area contributed by atoms with E-state index in [0.29, 0.717) is 5.71 Å². The summed E-state index contributed by atoms with van der Waals surface area (Å²) >= 11 is 0. The maximum absolute atomic E-state index is 10.9. The van der Waals surface area contributed by atoms with Crippen molar-refractivity contribution in [2.24, 2.45) is 4.99 Å². The third-order valence-electron chi connectivity index (χ3n) is 2.82. The van der Waals surface area contributed by atoms with E-state index in [2.05, 4.69) is 4.99 Å². The third-order valence-corrected chi connectivity index (χ3v) is 2.82. The lowest BCUT2D eigenvalue weighted by Gasteiger charge is -2.23. The third kappa shape index (κ3) is 2.63. The Hall–Kier alpha value is -2.00. The number of benzene rings is 1. The zero-order valence-electron chi connectivity index (χ0n) is 10.4. The lowest BCUT2D eigenvalue weighted by molar-refractivity contribution is -0.115. The number of aliphatic hydroxyl groups is 1. The molecule has 0 spiro atoms. The van der Waals surface area contributed by atoms with Crippen LogP contribution in [-0.4, -0.2) is 16.7 Å². The second kappa shape index (κ2) is 4.70. The molecule has 1 aromatic carbocycles. The minimum atomic E-state index is -1.12. The second-order valence-corrected chi connectivity index (χ2v) is 4.41. The molecule has 3 heteroatoms. The molecule has 0 unspecified atom stereocenters. The van der Waals surface area contributed by atoms with Gasteiger partial charge in [-0.15, -0.1) is 0 Å². The maximum Gasteiger partial charge on any atom is 0.243 e. The van der Waals surface area contributed by atoms with Crippen molar-refractivity contribution in [3.8, 4) is 0 Å². The van der Waals surface area contributed by atoms with Gasteiger partial charge in [-0.3, -0.25) is 4.79 Å². The number of aryl methyl sites for hydroxylation is 1. The summed E-state index contributed by atoms with van der Waals surface area (Å²) in [5.41, 5.74) is 1.37. The first-order valence-corrected chi connectivity index (χ1v) is 5.77. The summed E-state index contributed by atoms with van der Waals surface area (Å²) in [6.45, 7) is 3.40. The minimum Gasteiger partial charge on any atom is -0.377 e. The van der Waals surface area contributed by atoms with Gasteiger partial charge in [-0.25, -0.2) is 4.99 Å². The van der Waals surface area contributed by atoms with E-state index in [-0.39, 0.29) is 5.91 Å². The van der Waals surface area contributed by atoms with Gasteiger partial charge in [-0.05, 0) is 36.8 Å². The summed E-state index contributed by atoms with van der Waals surface area (Å²) in [7, 11) is 0. The summed E-state index contributed by atoms with van der Waals surface area (Å²) in [5.74, 6) is -0.250. The molecule has 0 heterocycles. The van der Waals surface area contributed by atoms with E-state index in [1.807, 2.05) is 31.2 Å². The van der Waals surface area contributed by atoms with Crippen molar-refractivity contribution in [2.45, 2.75) is 19.4 Å². The first kappa shape index (κ1) is 12.5. The van der Waals surface area contributed by atoms with E-state index in [1.54, 1.807) is 24.3 Å². The fourth-order valence-electron chi connectivity index (χ4n) is 1.81. The van der Waals surface area contributed by atoms with Crippen molar-refractivity contribution in [3.63, 3.8) is 0 Å². The van der Waals surface area contributed by atoms with Gasteiger partial charge in [0, 0.05) is 6.92 Å². The van der Waals surface area contributed by atoms with Crippen LogP contribution in [0.1, 0.15) is 18.1 Å². The molecule has 0 bridgehead atoms. The van der Waals surface area contributed by atoms with Gasteiger partial charge in [0.1, 0.15) is 5.60 Å². The summed E-state index contributed by atoms with van der Waals surface area (Å²) < 4.78 is 0. The van der Waals surface area contributed by atoms with Crippen LogP contribution in [0.25, 0.3) is 0 Å². The number of carbonyl (C=O) groups excluding carboxylic acids is 1. The number of hydrogen-bond donors (Lipinski definition) is 1. The van der Waals surface area contributed by atoms with Gasteiger partial charge in [0.15, 0.2) is 0 Å². The number of amides is 1.